The molecule has 6 heteroatoms. The van der Waals surface area contributed by atoms with Gasteiger partial charge in [-0.1, -0.05) is 11.8 Å². The molecule has 1 rings (SSSR count). The number of nitrogens with zero attached hydrogens (tertiary/aromatic N) is 3. The molecule has 16 heavy (non-hydrogen) atoms. The zero-order valence-corrected chi connectivity index (χ0v) is 11.0. The van der Waals surface area contributed by atoms with Crippen molar-refractivity contribution in [3.63, 3.8) is 0 Å². The molecule has 0 saturated heterocycles. The molecule has 0 fully saturated rings. The van der Waals surface area contributed by atoms with Crippen LogP contribution >= 0.6 is 11.8 Å². The molecular formula is C10H20N4OS. The van der Waals surface area contributed by atoms with Gasteiger partial charge in [0.1, 0.15) is 0 Å². The molecule has 0 saturated carbocycles. The van der Waals surface area contributed by atoms with Gasteiger partial charge in [0.05, 0.1) is 0 Å². The van der Waals surface area contributed by atoms with Crippen molar-refractivity contribution in [2.45, 2.75) is 18.6 Å². The van der Waals surface area contributed by atoms with E-state index in [1.807, 2.05) is 0 Å². The second-order valence-corrected chi connectivity index (χ2v) is 4.89. The van der Waals surface area contributed by atoms with Crippen LogP contribution in [0.25, 0.3) is 0 Å². The van der Waals surface area contributed by atoms with Crippen LogP contribution in [0.15, 0.2) is 9.64 Å². The molecule has 5 nitrogen and oxygen atoms in total. The summed E-state index contributed by atoms with van der Waals surface area (Å²) >= 11 is 1.59. The third kappa shape index (κ3) is 6.09. The van der Waals surface area contributed by atoms with Gasteiger partial charge < -0.3 is 14.6 Å². The zero-order chi connectivity index (χ0) is 11.8. The normalized spacial score (nSPS) is 11.2. The van der Waals surface area contributed by atoms with Gasteiger partial charge >= 0.3 is 0 Å². The molecule has 0 atom stereocenters. The first-order valence-electron chi connectivity index (χ1n) is 5.47. The van der Waals surface area contributed by atoms with Crippen LogP contribution in [0.3, 0.4) is 0 Å². The van der Waals surface area contributed by atoms with Gasteiger partial charge in [0.25, 0.3) is 5.22 Å². The summed E-state index contributed by atoms with van der Waals surface area (Å²) in [5.74, 6) is 1.59. The summed E-state index contributed by atoms with van der Waals surface area (Å²) in [6.45, 7) is 4.96. The van der Waals surface area contributed by atoms with Gasteiger partial charge in [-0.05, 0) is 33.6 Å². The Morgan fingerprint density at radius 3 is 2.75 bits per heavy atom. The van der Waals surface area contributed by atoms with Gasteiger partial charge in [-0.25, -0.2) is 0 Å². The van der Waals surface area contributed by atoms with Gasteiger partial charge in [0.2, 0.25) is 5.89 Å². The van der Waals surface area contributed by atoms with Crippen molar-refractivity contribution in [3.05, 3.63) is 5.89 Å². The average molecular weight is 244 g/mol. The van der Waals surface area contributed by atoms with Crippen molar-refractivity contribution in [3.8, 4) is 0 Å². The topological polar surface area (TPSA) is 54.2 Å². The lowest BCUT2D eigenvalue weighted by Gasteiger charge is -2.09. The summed E-state index contributed by atoms with van der Waals surface area (Å²) in [5, 5.41) is 11.7. The molecule has 0 aliphatic heterocycles. The van der Waals surface area contributed by atoms with Gasteiger partial charge in [-0.2, -0.15) is 0 Å². The zero-order valence-electron chi connectivity index (χ0n) is 10.2. The monoisotopic (exact) mass is 244 g/mol. The maximum Gasteiger partial charge on any atom is 0.276 e. The Labute approximate surface area is 101 Å². The summed E-state index contributed by atoms with van der Waals surface area (Å²) < 4.78 is 5.25. The molecule has 1 heterocycles. The van der Waals surface area contributed by atoms with Gasteiger partial charge in [-0.15, -0.1) is 10.2 Å². The van der Waals surface area contributed by atoms with Crippen LogP contribution in [0, 0.1) is 6.92 Å². The first-order chi connectivity index (χ1) is 7.68. The number of hydrogen-bond acceptors (Lipinski definition) is 6. The van der Waals surface area contributed by atoms with Crippen molar-refractivity contribution in [2.75, 3.05) is 39.5 Å². The molecule has 1 N–H and O–H groups in total. The Morgan fingerprint density at radius 1 is 1.31 bits per heavy atom. The number of hydrogen-bond donors (Lipinski definition) is 1. The van der Waals surface area contributed by atoms with Crippen LogP contribution in [-0.4, -0.2) is 54.6 Å². The van der Waals surface area contributed by atoms with Crippen LogP contribution in [-0.2, 0) is 0 Å². The number of thioether (sulfide) groups is 1. The van der Waals surface area contributed by atoms with E-state index in [9.17, 15) is 0 Å². The van der Waals surface area contributed by atoms with Crippen LogP contribution in [0.1, 0.15) is 12.3 Å². The smallest absolute Gasteiger partial charge is 0.276 e. The molecule has 0 unspecified atom stereocenters. The molecule has 0 aliphatic carbocycles. The lowest BCUT2D eigenvalue weighted by Crippen LogP contribution is -2.23. The number of rotatable bonds is 8. The summed E-state index contributed by atoms with van der Waals surface area (Å²) in [6, 6.07) is 0. The summed E-state index contributed by atoms with van der Waals surface area (Å²) in [6.07, 6.45) is 1.18. The quantitative estimate of drug-likeness (QED) is 0.544. The fourth-order valence-corrected chi connectivity index (χ4v) is 1.89. The van der Waals surface area contributed by atoms with E-state index in [0.717, 1.165) is 25.4 Å². The number of aromatic nitrogens is 2. The highest BCUT2D eigenvalue weighted by atomic mass is 32.2. The highest BCUT2D eigenvalue weighted by molar-refractivity contribution is 7.99. The fourth-order valence-electron chi connectivity index (χ4n) is 1.19. The maximum atomic E-state index is 5.25. The lowest BCUT2D eigenvalue weighted by molar-refractivity contribution is 0.395. The largest absolute Gasteiger partial charge is 0.416 e. The van der Waals surface area contributed by atoms with Crippen LogP contribution in [0.4, 0.5) is 0 Å². The molecular weight excluding hydrogens is 224 g/mol. The van der Waals surface area contributed by atoms with Crippen molar-refractivity contribution >= 4 is 11.8 Å². The molecule has 0 amide bonds. The minimum Gasteiger partial charge on any atom is -0.416 e. The van der Waals surface area contributed by atoms with Crippen molar-refractivity contribution in [1.82, 2.24) is 20.4 Å². The second kappa shape index (κ2) is 7.65. The lowest BCUT2D eigenvalue weighted by atomic mass is 10.4. The third-order valence-corrected chi connectivity index (χ3v) is 2.79. The first-order valence-corrected chi connectivity index (χ1v) is 6.45. The number of aryl methyl sites for hydroxylation is 1. The average Bonchev–Trinajstić information content (AvgIpc) is 2.62. The molecule has 0 aromatic carbocycles. The van der Waals surface area contributed by atoms with E-state index >= 15 is 0 Å². The predicted octanol–water partition coefficient (Wildman–Crippen LogP) is 1.01. The minimum absolute atomic E-state index is 0.626. The summed E-state index contributed by atoms with van der Waals surface area (Å²) in [5.41, 5.74) is 0. The van der Waals surface area contributed by atoms with E-state index in [2.05, 4.69) is 34.5 Å². The highest BCUT2D eigenvalue weighted by Gasteiger charge is 2.01. The maximum absolute atomic E-state index is 5.25. The third-order valence-electron chi connectivity index (χ3n) is 1.97. The molecule has 0 spiro atoms. The Morgan fingerprint density at radius 2 is 2.12 bits per heavy atom. The van der Waals surface area contributed by atoms with Gasteiger partial charge in [0.15, 0.2) is 0 Å². The Bertz CT molecular complexity index is 290. The van der Waals surface area contributed by atoms with E-state index in [1.165, 1.54) is 6.42 Å². The summed E-state index contributed by atoms with van der Waals surface area (Å²) in [4.78, 5) is 2.19. The first kappa shape index (κ1) is 13.5. The SMILES string of the molecule is Cc1nnc(SCCNCCCN(C)C)o1. The summed E-state index contributed by atoms with van der Waals surface area (Å²) in [7, 11) is 4.18. The predicted molar refractivity (Wildman–Crippen MR) is 65.8 cm³/mol. The van der Waals surface area contributed by atoms with Crippen LogP contribution < -0.4 is 5.32 Å². The molecule has 1 aromatic rings. The van der Waals surface area contributed by atoms with Crippen LogP contribution in [0.5, 0.6) is 0 Å². The minimum atomic E-state index is 0.626. The van der Waals surface area contributed by atoms with E-state index in [0.29, 0.717) is 11.1 Å². The van der Waals surface area contributed by atoms with E-state index < -0.39 is 0 Å². The molecule has 0 bridgehead atoms. The van der Waals surface area contributed by atoms with Crippen molar-refractivity contribution < 1.29 is 4.42 Å². The van der Waals surface area contributed by atoms with E-state index in [-0.39, 0.29) is 0 Å². The van der Waals surface area contributed by atoms with E-state index in [4.69, 9.17) is 4.42 Å². The molecule has 1 aromatic heterocycles. The Kier molecular flexibility index (Phi) is 6.44. The van der Waals surface area contributed by atoms with Crippen molar-refractivity contribution in [1.29, 1.82) is 0 Å². The molecule has 0 aliphatic rings. The Hall–Kier alpha value is -0.590. The van der Waals surface area contributed by atoms with Crippen LogP contribution in [0.2, 0.25) is 0 Å². The van der Waals surface area contributed by atoms with Crippen molar-refractivity contribution in [2.24, 2.45) is 0 Å². The Balaban J connectivity index is 1.92. The van der Waals surface area contributed by atoms with Gasteiger partial charge in [0, 0.05) is 19.2 Å². The number of nitrogens with one attached hydrogen (secondary N) is 1. The van der Waals surface area contributed by atoms with Gasteiger partial charge in [-0.3, -0.25) is 0 Å². The highest BCUT2D eigenvalue weighted by Crippen LogP contribution is 2.14. The van der Waals surface area contributed by atoms with E-state index in [1.54, 1.807) is 18.7 Å². The molecule has 0 radical (unpaired) electrons. The molecule has 92 valence electrons. The standard InChI is InChI=1S/C10H20N4OS/c1-9-12-13-10(15-9)16-8-6-11-5-4-7-14(2)3/h11H,4-8H2,1-3H3. The fraction of sp³-hybridized carbons (Fsp3) is 0.800. The second-order valence-electron chi connectivity index (χ2n) is 3.84.